The van der Waals surface area contributed by atoms with Crippen LogP contribution in [0.1, 0.15) is 108 Å². The number of thiazole rings is 1. The van der Waals surface area contributed by atoms with Crippen LogP contribution in [0.2, 0.25) is 0 Å². The molecule has 3 aliphatic rings. The molecule has 0 N–H and O–H groups in total. The number of rotatable bonds is 28. The van der Waals surface area contributed by atoms with Gasteiger partial charge < -0.3 is 37.9 Å². The van der Waals surface area contributed by atoms with Crippen molar-refractivity contribution in [3.8, 4) is 11.5 Å². The summed E-state index contributed by atoms with van der Waals surface area (Å²) < 4.78 is 45.0. The Balaban J connectivity index is 1.05. The van der Waals surface area contributed by atoms with Gasteiger partial charge in [-0.25, -0.2) is 19.6 Å². The van der Waals surface area contributed by atoms with Crippen LogP contribution in [0.5, 0.6) is 11.5 Å². The summed E-state index contributed by atoms with van der Waals surface area (Å²) in [6, 6.07) is 12.7. The van der Waals surface area contributed by atoms with E-state index in [1.54, 1.807) is 36.5 Å². The molecule has 6 rings (SSSR count). The lowest BCUT2D eigenvalue weighted by atomic mass is 9.69. The lowest BCUT2D eigenvalue weighted by molar-refractivity contribution is -0.152. The van der Waals surface area contributed by atoms with Gasteiger partial charge in [0.25, 0.3) is 0 Å². The average molecular weight is 1030 g/mol. The fourth-order valence-corrected chi connectivity index (χ4v) is 10.5. The van der Waals surface area contributed by atoms with Crippen LogP contribution in [-0.4, -0.2) is 107 Å². The number of hydrazone groups is 1. The van der Waals surface area contributed by atoms with E-state index in [1.165, 1.54) is 11.3 Å². The zero-order valence-electron chi connectivity index (χ0n) is 42.1. The number of hydrogen-bond acceptors (Lipinski definition) is 18. The highest BCUT2D eigenvalue weighted by Gasteiger charge is 2.36. The number of fused-ring (bicyclic) bond motifs is 1. The van der Waals surface area contributed by atoms with Gasteiger partial charge in [-0.15, -0.1) is 0 Å². The zero-order valence-corrected chi connectivity index (χ0v) is 42.9. The van der Waals surface area contributed by atoms with Gasteiger partial charge in [0, 0.05) is 24.8 Å². The maximum absolute atomic E-state index is 13.8. The normalized spacial score (nSPS) is 20.9. The maximum atomic E-state index is 13.8. The lowest BCUT2D eigenvalue weighted by Gasteiger charge is -2.36. The third-order valence-electron chi connectivity index (χ3n) is 13.8. The van der Waals surface area contributed by atoms with Gasteiger partial charge >= 0.3 is 35.8 Å². The second kappa shape index (κ2) is 30.3. The predicted octanol–water partition coefficient (Wildman–Crippen LogP) is 9.14. The van der Waals surface area contributed by atoms with Gasteiger partial charge in [0.15, 0.2) is 0 Å². The molecular weight excluding hydrogens is 959 g/mol. The molecule has 0 aliphatic heterocycles. The van der Waals surface area contributed by atoms with Crippen LogP contribution in [0.3, 0.4) is 0 Å². The molecule has 0 radical (unpaired) electrons. The molecule has 0 bridgehead atoms. The Morgan fingerprint density at radius 3 is 1.66 bits per heavy atom. The molecular formula is C55H71N3O14S. The smallest absolute Gasteiger partial charge is 0.330 e. The number of nitrogens with zero attached hydrogens (tertiary/aromatic N) is 3. The quantitative estimate of drug-likeness (QED) is 0.0126. The number of unbranched alkanes of at least 4 members (excludes halogenated alkanes) is 2. The molecule has 0 unspecified atom stereocenters. The molecule has 396 valence electrons. The molecule has 0 atom stereocenters. The number of ether oxygens (including phenoxy) is 8. The van der Waals surface area contributed by atoms with E-state index >= 15 is 0 Å². The molecule has 1 aromatic heterocycles. The minimum Gasteiger partial charge on any atom is -0.465 e. The molecule has 3 fully saturated rings. The third kappa shape index (κ3) is 18.2. The highest BCUT2D eigenvalue weighted by molar-refractivity contribution is 7.22. The number of anilines is 1. The maximum Gasteiger partial charge on any atom is 0.330 e. The van der Waals surface area contributed by atoms with Crippen LogP contribution in [-0.2, 0) is 57.2 Å². The lowest BCUT2D eigenvalue weighted by Crippen LogP contribution is -2.31. The summed E-state index contributed by atoms with van der Waals surface area (Å²) in [5.74, 6) is -1.81. The summed E-state index contributed by atoms with van der Waals surface area (Å²) in [6.07, 6.45) is 14.7. The van der Waals surface area contributed by atoms with Gasteiger partial charge in [-0.05, 0) is 145 Å². The van der Waals surface area contributed by atoms with Crippen molar-refractivity contribution < 1.29 is 66.7 Å². The third-order valence-corrected chi connectivity index (χ3v) is 14.8. The van der Waals surface area contributed by atoms with Crippen molar-refractivity contribution in [1.82, 2.24) is 4.98 Å². The average Bonchev–Trinajstić information content (AvgIpc) is 3.86. The SMILES string of the molecule is C=CC(=O)OCCCCOC(=O)C1CCC(C(=O)Oc2ccc(OC(=O)C3CCC(C4CCC(C(=O)OCCCCOC(=O)C=C)CC4)CC3)cc2/C=N/N(CCOCCOC)c2nc3ccccc3s2)CC1. The van der Waals surface area contributed by atoms with Crippen molar-refractivity contribution in [3.05, 3.63) is 73.3 Å². The van der Waals surface area contributed by atoms with Gasteiger partial charge in [0.1, 0.15) is 11.5 Å². The van der Waals surface area contributed by atoms with Crippen LogP contribution in [0.15, 0.2) is 72.9 Å². The fourth-order valence-electron chi connectivity index (χ4n) is 9.55. The van der Waals surface area contributed by atoms with Crippen molar-refractivity contribution in [2.75, 3.05) is 64.9 Å². The molecule has 1 heterocycles. The van der Waals surface area contributed by atoms with Gasteiger partial charge in [0.05, 0.1) is 92.9 Å². The number of esters is 6. The van der Waals surface area contributed by atoms with Gasteiger partial charge in [-0.1, -0.05) is 36.6 Å². The highest BCUT2D eigenvalue weighted by Crippen LogP contribution is 2.42. The Bertz CT molecular complexity index is 2290. The summed E-state index contributed by atoms with van der Waals surface area (Å²) in [6.45, 7) is 9.30. The Kier molecular flexibility index (Phi) is 23.4. The molecule has 3 aliphatic carbocycles. The number of benzene rings is 2. The fraction of sp³-hybridized carbons (Fsp3) is 0.564. The van der Waals surface area contributed by atoms with Crippen LogP contribution < -0.4 is 14.5 Å². The standard InChI is InChI=1S/C55H71N3O14S/c1-4-49(59)67-29-8-10-31-69-51(61)40-18-14-38(15-19-40)39-16-20-42(21-17-39)53(63)71-45-26-27-47(72-54(64)43-24-22-41(23-25-43)52(62)70-32-11-9-30-68-50(60)5-2)44(36-45)37-56-58(28-33-66-35-34-65-3)55-57-46-12-6-7-13-48(46)73-55/h4-7,12-13,26-27,36-43H,1-2,8-11,14-25,28-35H2,3H3/b56-37+. The van der Waals surface area contributed by atoms with Gasteiger partial charge in [-0.3, -0.25) is 19.2 Å². The molecule has 17 nitrogen and oxygen atoms in total. The van der Waals surface area contributed by atoms with E-state index in [0.29, 0.717) is 125 Å². The van der Waals surface area contributed by atoms with Crippen LogP contribution >= 0.6 is 11.3 Å². The first-order valence-corrected chi connectivity index (χ1v) is 26.6. The van der Waals surface area contributed by atoms with Crippen LogP contribution in [0.4, 0.5) is 5.13 Å². The van der Waals surface area contributed by atoms with Crippen molar-refractivity contribution >= 4 is 68.7 Å². The van der Waals surface area contributed by atoms with E-state index in [1.807, 2.05) is 24.3 Å². The van der Waals surface area contributed by atoms with E-state index in [2.05, 4.69) is 13.2 Å². The molecule has 2 aromatic carbocycles. The first kappa shape index (κ1) is 56.3. The summed E-state index contributed by atoms with van der Waals surface area (Å²) in [5.41, 5.74) is 1.24. The molecule has 0 saturated heterocycles. The second-order valence-corrected chi connectivity index (χ2v) is 19.8. The topological polar surface area (TPSA) is 205 Å². The summed E-state index contributed by atoms with van der Waals surface area (Å²) in [5, 5.41) is 7.21. The summed E-state index contributed by atoms with van der Waals surface area (Å²) in [4.78, 5) is 80.4. The number of carbonyl (C=O) groups excluding carboxylic acids is 6. The highest BCUT2D eigenvalue weighted by atomic mass is 32.1. The monoisotopic (exact) mass is 1030 g/mol. The minimum atomic E-state index is -0.491. The largest absolute Gasteiger partial charge is 0.465 e. The van der Waals surface area contributed by atoms with E-state index in [4.69, 9.17) is 48.0 Å². The summed E-state index contributed by atoms with van der Waals surface area (Å²) >= 11 is 1.48. The molecule has 73 heavy (non-hydrogen) atoms. The molecule has 18 heteroatoms. The number of carbonyl (C=O) groups is 6. The second-order valence-electron chi connectivity index (χ2n) is 18.7. The molecule has 0 amide bonds. The Labute approximate surface area is 431 Å². The molecule has 3 saturated carbocycles. The van der Waals surface area contributed by atoms with Crippen LogP contribution in [0.25, 0.3) is 10.2 Å². The van der Waals surface area contributed by atoms with Gasteiger partial charge in [0.2, 0.25) is 5.13 Å². The Hall–Kier alpha value is -5.98. The minimum absolute atomic E-state index is 0.105. The first-order chi connectivity index (χ1) is 35.5. The molecule has 0 spiro atoms. The van der Waals surface area contributed by atoms with Crippen LogP contribution in [0, 0.1) is 35.5 Å². The van der Waals surface area contributed by atoms with Crippen molar-refractivity contribution in [1.29, 1.82) is 0 Å². The predicted molar refractivity (Wildman–Crippen MR) is 274 cm³/mol. The number of hydrogen-bond donors (Lipinski definition) is 0. The summed E-state index contributed by atoms with van der Waals surface area (Å²) in [7, 11) is 1.61. The molecule has 3 aromatic rings. The number of para-hydroxylation sites is 1. The van der Waals surface area contributed by atoms with E-state index in [9.17, 15) is 28.8 Å². The van der Waals surface area contributed by atoms with Crippen molar-refractivity contribution in [2.45, 2.75) is 103 Å². The van der Waals surface area contributed by atoms with E-state index in [0.717, 1.165) is 60.9 Å². The van der Waals surface area contributed by atoms with Crippen molar-refractivity contribution in [2.24, 2.45) is 40.6 Å². The zero-order chi connectivity index (χ0) is 51.8. The Morgan fingerprint density at radius 1 is 0.616 bits per heavy atom. The Morgan fingerprint density at radius 2 is 1.12 bits per heavy atom. The van der Waals surface area contributed by atoms with Gasteiger partial charge in [-0.2, -0.15) is 5.10 Å². The number of methoxy groups -OCH3 is 1. The van der Waals surface area contributed by atoms with E-state index < -0.39 is 23.8 Å². The number of aromatic nitrogens is 1. The van der Waals surface area contributed by atoms with Crippen molar-refractivity contribution in [3.63, 3.8) is 0 Å². The first-order valence-electron chi connectivity index (χ1n) is 25.8. The van der Waals surface area contributed by atoms with E-state index in [-0.39, 0.29) is 61.2 Å².